The highest BCUT2D eigenvalue weighted by Gasteiger charge is 2.36. The van der Waals surface area contributed by atoms with Crippen molar-refractivity contribution in [2.75, 3.05) is 13.1 Å². The number of amides is 2. The predicted octanol–water partition coefficient (Wildman–Crippen LogP) is 2.54. The first-order valence-electron chi connectivity index (χ1n) is 9.67. The molecule has 0 unspecified atom stereocenters. The zero-order chi connectivity index (χ0) is 20.8. The van der Waals surface area contributed by atoms with E-state index in [1.807, 2.05) is 0 Å². The maximum absolute atomic E-state index is 13.0. The summed E-state index contributed by atoms with van der Waals surface area (Å²) in [6.45, 7) is 5.26. The molecule has 0 aliphatic carbocycles. The minimum Gasteiger partial charge on any atom is -0.268 e. The lowest BCUT2D eigenvalue weighted by Crippen LogP contribution is -2.42. The van der Waals surface area contributed by atoms with Gasteiger partial charge in [0.15, 0.2) is 0 Å². The first kappa shape index (κ1) is 19.7. The monoisotopic (exact) mass is 413 g/mol. The third-order valence-electron chi connectivity index (χ3n) is 5.47. The summed E-state index contributed by atoms with van der Waals surface area (Å²) in [5, 5.41) is 0. The van der Waals surface area contributed by atoms with Crippen molar-refractivity contribution in [1.82, 2.24) is 14.2 Å². The van der Waals surface area contributed by atoms with Crippen molar-refractivity contribution < 1.29 is 18.0 Å². The van der Waals surface area contributed by atoms with Gasteiger partial charge < -0.3 is 0 Å². The molecule has 3 heterocycles. The number of imide groups is 1. The van der Waals surface area contributed by atoms with E-state index in [2.05, 4.69) is 18.8 Å². The fourth-order valence-corrected chi connectivity index (χ4v) is 5.84. The summed E-state index contributed by atoms with van der Waals surface area (Å²) in [6.07, 6.45) is 2.51. The fraction of sp³-hybridized carbons (Fsp3) is 0.381. The van der Waals surface area contributed by atoms with Crippen molar-refractivity contribution in [1.29, 1.82) is 0 Å². The molecule has 8 heteroatoms. The van der Waals surface area contributed by atoms with Crippen molar-refractivity contribution >= 4 is 21.8 Å². The summed E-state index contributed by atoms with van der Waals surface area (Å²) in [5.41, 5.74) is 1.13. The Kier molecular flexibility index (Phi) is 5.00. The number of sulfonamides is 1. The molecule has 7 nitrogen and oxygen atoms in total. The normalized spacial score (nSPS) is 22.8. The van der Waals surface area contributed by atoms with Crippen molar-refractivity contribution in [2.45, 2.75) is 31.7 Å². The molecule has 152 valence electrons. The number of aromatic nitrogens is 1. The average Bonchev–Trinajstić information content (AvgIpc) is 2.93. The number of fused-ring (bicyclic) bond motifs is 1. The summed E-state index contributed by atoms with van der Waals surface area (Å²) in [4.78, 5) is 30.3. The van der Waals surface area contributed by atoms with E-state index >= 15 is 0 Å². The van der Waals surface area contributed by atoms with Crippen LogP contribution in [0.5, 0.6) is 0 Å². The minimum atomic E-state index is -3.56. The van der Waals surface area contributed by atoms with Crippen molar-refractivity contribution in [2.24, 2.45) is 11.8 Å². The van der Waals surface area contributed by atoms with E-state index in [4.69, 9.17) is 0 Å². The Morgan fingerprint density at radius 3 is 2.28 bits per heavy atom. The largest absolute Gasteiger partial charge is 0.280 e. The molecule has 2 atom stereocenters. The van der Waals surface area contributed by atoms with E-state index in [1.54, 1.807) is 40.7 Å². The summed E-state index contributed by atoms with van der Waals surface area (Å²) < 4.78 is 27.5. The van der Waals surface area contributed by atoms with E-state index in [1.165, 1.54) is 6.20 Å². The highest BCUT2D eigenvalue weighted by molar-refractivity contribution is 7.89. The van der Waals surface area contributed by atoms with Crippen LogP contribution in [0.25, 0.3) is 0 Å². The van der Waals surface area contributed by atoms with Crippen LogP contribution < -0.4 is 0 Å². The van der Waals surface area contributed by atoms with Crippen LogP contribution in [0.2, 0.25) is 0 Å². The Morgan fingerprint density at radius 1 is 1.00 bits per heavy atom. The third kappa shape index (κ3) is 3.58. The summed E-state index contributed by atoms with van der Waals surface area (Å²) in [7, 11) is -3.56. The maximum Gasteiger partial charge on any atom is 0.280 e. The van der Waals surface area contributed by atoms with Crippen molar-refractivity contribution in [3.63, 3.8) is 0 Å². The molecule has 2 amide bonds. The predicted molar refractivity (Wildman–Crippen MR) is 107 cm³/mol. The van der Waals surface area contributed by atoms with Crippen LogP contribution in [0, 0.1) is 11.8 Å². The number of benzene rings is 1. The molecule has 1 saturated heterocycles. The van der Waals surface area contributed by atoms with E-state index in [9.17, 15) is 18.0 Å². The molecule has 4 rings (SSSR count). The number of piperidine rings is 1. The number of hydrogen-bond acceptors (Lipinski definition) is 5. The van der Waals surface area contributed by atoms with Gasteiger partial charge in [-0.25, -0.2) is 8.42 Å². The molecule has 0 spiro atoms. The molecule has 0 bridgehead atoms. The zero-order valence-electron chi connectivity index (χ0n) is 16.4. The summed E-state index contributed by atoms with van der Waals surface area (Å²) in [5.74, 6) is -0.157. The van der Waals surface area contributed by atoms with E-state index in [-0.39, 0.29) is 23.0 Å². The van der Waals surface area contributed by atoms with Gasteiger partial charge in [0.25, 0.3) is 11.8 Å². The third-order valence-corrected chi connectivity index (χ3v) is 7.31. The number of hydrogen-bond donors (Lipinski definition) is 0. The lowest BCUT2D eigenvalue weighted by Gasteiger charge is -2.34. The second kappa shape index (κ2) is 7.35. The highest BCUT2D eigenvalue weighted by atomic mass is 32.2. The Bertz CT molecular complexity index is 1020. The molecule has 0 saturated carbocycles. The van der Waals surface area contributed by atoms with Gasteiger partial charge in [-0.05, 0) is 48.1 Å². The Morgan fingerprint density at radius 2 is 1.66 bits per heavy atom. The molecular formula is C21H23N3O4S. The molecule has 1 fully saturated rings. The SMILES string of the molecule is C[C@@H]1C[C@H](C)CN(S(=O)(=O)c2ccc(CN3C(=O)c4cccnc4C3=O)cc2)C1. The van der Waals surface area contributed by atoms with E-state index in [0.29, 0.717) is 36.1 Å². The molecule has 29 heavy (non-hydrogen) atoms. The van der Waals surface area contributed by atoms with Gasteiger partial charge in [0.05, 0.1) is 17.0 Å². The van der Waals surface area contributed by atoms with Crippen LogP contribution in [-0.4, -0.2) is 47.5 Å². The van der Waals surface area contributed by atoms with Gasteiger partial charge in [-0.1, -0.05) is 26.0 Å². The average molecular weight is 413 g/mol. The van der Waals surface area contributed by atoms with Gasteiger partial charge in [0, 0.05) is 19.3 Å². The Hall–Kier alpha value is -2.58. The van der Waals surface area contributed by atoms with Crippen molar-refractivity contribution in [3.8, 4) is 0 Å². The lowest BCUT2D eigenvalue weighted by molar-refractivity contribution is 0.0640. The second-order valence-corrected chi connectivity index (χ2v) is 9.95. The molecule has 0 radical (unpaired) electrons. The number of nitrogens with zero attached hydrogens (tertiary/aromatic N) is 3. The van der Waals surface area contributed by atoms with E-state index in [0.717, 1.165) is 11.3 Å². The van der Waals surface area contributed by atoms with Gasteiger partial charge in [-0.2, -0.15) is 4.31 Å². The number of pyridine rings is 1. The molecule has 2 aromatic rings. The first-order chi connectivity index (χ1) is 13.8. The summed E-state index contributed by atoms with van der Waals surface area (Å²) >= 11 is 0. The van der Waals surface area contributed by atoms with Crippen LogP contribution in [0.3, 0.4) is 0 Å². The van der Waals surface area contributed by atoms with E-state index < -0.39 is 15.9 Å². The standard InChI is InChI=1S/C21H23N3O4S/c1-14-10-15(2)12-23(11-14)29(27,28)17-7-5-16(6-8-17)13-24-20(25)18-4-3-9-22-19(18)21(24)26/h3-9,14-15H,10-13H2,1-2H3/t14-,15+. The van der Waals surface area contributed by atoms with Gasteiger partial charge >= 0.3 is 0 Å². The zero-order valence-corrected chi connectivity index (χ0v) is 17.2. The summed E-state index contributed by atoms with van der Waals surface area (Å²) in [6, 6.07) is 9.60. The van der Waals surface area contributed by atoms with Crippen LogP contribution in [-0.2, 0) is 16.6 Å². The molecule has 2 aliphatic rings. The molecule has 0 N–H and O–H groups in total. The minimum absolute atomic E-state index is 0.0755. The lowest BCUT2D eigenvalue weighted by atomic mass is 9.94. The molecular weight excluding hydrogens is 390 g/mol. The van der Waals surface area contributed by atoms with Gasteiger partial charge in [-0.3, -0.25) is 19.5 Å². The quantitative estimate of drug-likeness (QED) is 0.719. The topological polar surface area (TPSA) is 87.7 Å². The first-order valence-corrected chi connectivity index (χ1v) is 11.1. The van der Waals surface area contributed by atoms with Crippen LogP contribution >= 0.6 is 0 Å². The highest BCUT2D eigenvalue weighted by Crippen LogP contribution is 2.27. The van der Waals surface area contributed by atoms with Gasteiger partial charge in [0.2, 0.25) is 10.0 Å². The van der Waals surface area contributed by atoms with Crippen molar-refractivity contribution in [3.05, 3.63) is 59.4 Å². The van der Waals surface area contributed by atoms with Crippen LogP contribution in [0.1, 0.15) is 46.7 Å². The van der Waals surface area contributed by atoms with Crippen LogP contribution in [0.4, 0.5) is 0 Å². The smallest absolute Gasteiger partial charge is 0.268 e. The Balaban J connectivity index is 1.52. The van der Waals surface area contributed by atoms with Crippen LogP contribution in [0.15, 0.2) is 47.5 Å². The molecule has 1 aromatic heterocycles. The number of carbonyl (C=O) groups is 2. The fourth-order valence-electron chi connectivity index (χ4n) is 4.16. The second-order valence-electron chi connectivity index (χ2n) is 8.01. The number of carbonyl (C=O) groups excluding carboxylic acids is 2. The molecule has 2 aliphatic heterocycles. The number of rotatable bonds is 4. The maximum atomic E-state index is 13.0. The van der Waals surface area contributed by atoms with Gasteiger partial charge in [-0.15, -0.1) is 0 Å². The van der Waals surface area contributed by atoms with Gasteiger partial charge in [0.1, 0.15) is 5.69 Å². The molecule has 1 aromatic carbocycles. The Labute approximate surface area is 170 Å².